The minimum absolute atomic E-state index is 0.481. The van der Waals surface area contributed by atoms with Crippen molar-refractivity contribution in [2.24, 2.45) is 5.92 Å². The number of benzene rings is 1. The fraction of sp³-hybridized carbons (Fsp3) is 0.312. The van der Waals surface area contributed by atoms with Gasteiger partial charge in [-0.3, -0.25) is 4.98 Å². The minimum Gasteiger partial charge on any atom is -0.253 e. The molecule has 0 fully saturated rings. The topological polar surface area (TPSA) is 12.9 Å². The first-order valence-corrected chi connectivity index (χ1v) is 6.77. The van der Waals surface area contributed by atoms with Crippen molar-refractivity contribution in [3.63, 3.8) is 0 Å². The highest BCUT2D eigenvalue weighted by Gasteiger charge is 2.02. The number of fused-ring (bicyclic) bond motifs is 1. The number of nitrogens with zero attached hydrogens (tertiary/aromatic N) is 1. The maximum absolute atomic E-state index is 5.97. The summed E-state index contributed by atoms with van der Waals surface area (Å²) in [5.74, 6) is 1.07. The molecule has 0 N–H and O–H groups in total. The third-order valence-corrected chi connectivity index (χ3v) is 3.41. The van der Waals surface area contributed by atoms with Crippen LogP contribution in [-0.2, 0) is 0 Å². The fourth-order valence-corrected chi connectivity index (χ4v) is 2.30. The van der Waals surface area contributed by atoms with Crippen molar-refractivity contribution in [3.8, 4) is 0 Å². The van der Waals surface area contributed by atoms with E-state index in [0.29, 0.717) is 11.8 Å². The Kier molecular flexibility index (Phi) is 4.03. The van der Waals surface area contributed by atoms with Gasteiger partial charge in [-0.1, -0.05) is 37.6 Å². The van der Waals surface area contributed by atoms with Crippen molar-refractivity contribution in [1.29, 1.82) is 0 Å². The summed E-state index contributed by atoms with van der Waals surface area (Å²) in [6.45, 7) is 6.35. The highest BCUT2D eigenvalue weighted by atomic mass is 35.5. The SMILES string of the molecule is Cc1ccc2cc(/C=C(\CCl)C(C)C)ccc2n1. The lowest BCUT2D eigenvalue weighted by atomic mass is 10.0. The molecule has 0 aliphatic rings. The van der Waals surface area contributed by atoms with E-state index in [1.165, 1.54) is 16.5 Å². The molecule has 18 heavy (non-hydrogen) atoms. The van der Waals surface area contributed by atoms with Crippen LogP contribution in [0.25, 0.3) is 17.0 Å². The summed E-state index contributed by atoms with van der Waals surface area (Å²) in [7, 11) is 0. The van der Waals surface area contributed by atoms with Gasteiger partial charge in [0.05, 0.1) is 5.52 Å². The molecule has 94 valence electrons. The summed E-state index contributed by atoms with van der Waals surface area (Å²) < 4.78 is 0. The minimum atomic E-state index is 0.481. The zero-order valence-corrected chi connectivity index (χ0v) is 11.8. The normalized spacial score (nSPS) is 12.4. The van der Waals surface area contributed by atoms with E-state index >= 15 is 0 Å². The van der Waals surface area contributed by atoms with E-state index < -0.39 is 0 Å². The molecule has 0 spiro atoms. The van der Waals surface area contributed by atoms with Crippen molar-refractivity contribution >= 4 is 28.6 Å². The van der Waals surface area contributed by atoms with Gasteiger partial charge in [0, 0.05) is 17.0 Å². The quantitative estimate of drug-likeness (QED) is 0.720. The number of rotatable bonds is 3. The Hall–Kier alpha value is -1.34. The van der Waals surface area contributed by atoms with Gasteiger partial charge in [-0.2, -0.15) is 0 Å². The molecule has 2 rings (SSSR count). The summed E-state index contributed by atoms with van der Waals surface area (Å²) in [4.78, 5) is 4.50. The molecule has 0 saturated heterocycles. The van der Waals surface area contributed by atoms with Crippen LogP contribution in [0, 0.1) is 12.8 Å². The molecular weight excluding hydrogens is 242 g/mol. The van der Waals surface area contributed by atoms with E-state index in [2.05, 4.69) is 49.2 Å². The van der Waals surface area contributed by atoms with Crippen molar-refractivity contribution < 1.29 is 0 Å². The molecule has 0 aliphatic carbocycles. The van der Waals surface area contributed by atoms with Crippen LogP contribution in [0.4, 0.5) is 0 Å². The summed E-state index contributed by atoms with van der Waals surface area (Å²) >= 11 is 5.97. The van der Waals surface area contributed by atoms with Crippen LogP contribution in [0.15, 0.2) is 35.9 Å². The van der Waals surface area contributed by atoms with Crippen molar-refractivity contribution in [2.75, 3.05) is 5.88 Å². The van der Waals surface area contributed by atoms with E-state index in [1.807, 2.05) is 13.0 Å². The second kappa shape index (κ2) is 5.53. The van der Waals surface area contributed by atoms with Gasteiger partial charge in [-0.25, -0.2) is 0 Å². The molecule has 0 bridgehead atoms. The first-order valence-electron chi connectivity index (χ1n) is 6.24. The van der Waals surface area contributed by atoms with E-state index in [9.17, 15) is 0 Å². The number of allylic oxidation sites excluding steroid dienone is 1. The zero-order valence-electron chi connectivity index (χ0n) is 11.1. The van der Waals surface area contributed by atoms with Crippen LogP contribution in [0.1, 0.15) is 25.1 Å². The van der Waals surface area contributed by atoms with Crippen molar-refractivity contribution in [2.45, 2.75) is 20.8 Å². The van der Waals surface area contributed by atoms with Crippen LogP contribution >= 0.6 is 11.6 Å². The van der Waals surface area contributed by atoms with Crippen LogP contribution in [0.2, 0.25) is 0 Å². The average molecular weight is 260 g/mol. The molecule has 1 aromatic heterocycles. The number of hydrogen-bond donors (Lipinski definition) is 0. The lowest BCUT2D eigenvalue weighted by Gasteiger charge is -2.08. The van der Waals surface area contributed by atoms with Gasteiger partial charge >= 0.3 is 0 Å². The van der Waals surface area contributed by atoms with Crippen LogP contribution in [0.3, 0.4) is 0 Å². The lowest BCUT2D eigenvalue weighted by Crippen LogP contribution is -1.95. The molecule has 1 heterocycles. The number of hydrogen-bond acceptors (Lipinski definition) is 1. The van der Waals surface area contributed by atoms with Crippen LogP contribution in [-0.4, -0.2) is 10.9 Å². The largest absolute Gasteiger partial charge is 0.253 e. The monoisotopic (exact) mass is 259 g/mol. The number of aryl methyl sites for hydroxylation is 1. The van der Waals surface area contributed by atoms with E-state index in [1.54, 1.807) is 0 Å². The third-order valence-electron chi connectivity index (χ3n) is 3.10. The van der Waals surface area contributed by atoms with Gasteiger partial charge in [0.15, 0.2) is 0 Å². The molecule has 0 atom stereocenters. The molecule has 2 heteroatoms. The maximum Gasteiger partial charge on any atom is 0.0705 e. The number of halogens is 1. The molecule has 0 unspecified atom stereocenters. The van der Waals surface area contributed by atoms with Gasteiger partial charge in [0.2, 0.25) is 0 Å². The Morgan fingerprint density at radius 1 is 1.28 bits per heavy atom. The zero-order chi connectivity index (χ0) is 13.1. The van der Waals surface area contributed by atoms with E-state index in [4.69, 9.17) is 11.6 Å². The number of pyridine rings is 1. The van der Waals surface area contributed by atoms with E-state index in [-0.39, 0.29) is 0 Å². The molecule has 1 aromatic carbocycles. The second-order valence-corrected chi connectivity index (χ2v) is 5.18. The predicted octanol–water partition coefficient (Wildman–Crippen LogP) is 4.82. The Labute approximate surface area is 114 Å². The van der Waals surface area contributed by atoms with Gasteiger partial charge in [0.25, 0.3) is 0 Å². The molecule has 1 nitrogen and oxygen atoms in total. The second-order valence-electron chi connectivity index (χ2n) is 4.91. The highest BCUT2D eigenvalue weighted by Crippen LogP contribution is 2.20. The van der Waals surface area contributed by atoms with Crippen LogP contribution in [0.5, 0.6) is 0 Å². The lowest BCUT2D eigenvalue weighted by molar-refractivity contribution is 0.778. The van der Waals surface area contributed by atoms with Gasteiger partial charge in [-0.05, 0) is 36.6 Å². The summed E-state index contributed by atoms with van der Waals surface area (Å²) in [6.07, 6.45) is 2.18. The van der Waals surface area contributed by atoms with Crippen molar-refractivity contribution in [1.82, 2.24) is 4.98 Å². The average Bonchev–Trinajstić information content (AvgIpc) is 2.35. The van der Waals surface area contributed by atoms with Gasteiger partial charge in [-0.15, -0.1) is 11.6 Å². The Morgan fingerprint density at radius 2 is 2.06 bits per heavy atom. The first kappa shape index (κ1) is 13.1. The summed E-state index contributed by atoms with van der Waals surface area (Å²) in [5, 5.41) is 1.17. The Balaban J connectivity index is 2.44. The van der Waals surface area contributed by atoms with Crippen molar-refractivity contribution in [3.05, 3.63) is 47.2 Å². The molecule has 0 radical (unpaired) electrons. The number of alkyl halides is 1. The predicted molar refractivity (Wildman–Crippen MR) is 80.0 cm³/mol. The highest BCUT2D eigenvalue weighted by molar-refractivity contribution is 6.19. The maximum atomic E-state index is 5.97. The number of aromatic nitrogens is 1. The summed E-state index contributed by atoms with van der Waals surface area (Å²) in [5.41, 5.74) is 4.55. The Bertz CT molecular complexity index is 585. The Morgan fingerprint density at radius 3 is 2.72 bits per heavy atom. The molecule has 0 aliphatic heterocycles. The van der Waals surface area contributed by atoms with Gasteiger partial charge in [0.1, 0.15) is 0 Å². The smallest absolute Gasteiger partial charge is 0.0705 e. The fourth-order valence-electron chi connectivity index (χ4n) is 1.91. The standard InChI is InChI=1S/C16H18ClN/c1-11(2)15(10-17)9-13-5-7-16-14(8-13)6-4-12(3)18-16/h4-9,11H,10H2,1-3H3/b15-9+. The molecule has 0 saturated carbocycles. The van der Waals surface area contributed by atoms with Gasteiger partial charge < -0.3 is 0 Å². The van der Waals surface area contributed by atoms with E-state index in [0.717, 1.165) is 11.2 Å². The molecular formula is C16H18ClN. The molecule has 2 aromatic rings. The summed E-state index contributed by atoms with van der Waals surface area (Å²) in [6, 6.07) is 10.5. The first-order chi connectivity index (χ1) is 8.60. The molecule has 0 amide bonds. The van der Waals surface area contributed by atoms with Crippen LogP contribution < -0.4 is 0 Å². The third kappa shape index (κ3) is 2.91.